The summed E-state index contributed by atoms with van der Waals surface area (Å²) < 4.78 is 53.3. The number of alkyl halides is 3. The Morgan fingerprint density at radius 1 is 1.14 bits per heavy atom. The van der Waals surface area contributed by atoms with Crippen molar-refractivity contribution in [2.45, 2.75) is 49.9 Å². The summed E-state index contributed by atoms with van der Waals surface area (Å²) >= 11 is 2.78. The van der Waals surface area contributed by atoms with Crippen molar-refractivity contribution >= 4 is 33.3 Å². The lowest BCUT2D eigenvalue weighted by molar-refractivity contribution is -0.137. The summed E-state index contributed by atoms with van der Waals surface area (Å²) in [5.74, 6) is 2.77. The molecule has 6 rings (SSSR count). The molecule has 1 aliphatic carbocycles. The number of fused-ring (bicyclic) bond motifs is 3. The van der Waals surface area contributed by atoms with Crippen molar-refractivity contribution in [3.8, 4) is 17.2 Å². The number of thiophene rings is 1. The van der Waals surface area contributed by atoms with E-state index in [0.717, 1.165) is 37.0 Å². The molecule has 0 saturated carbocycles. The normalized spacial score (nSPS) is 15.1. The molecule has 3 aromatic heterocycles. The molecule has 0 saturated heterocycles. The monoisotopic (exact) mass is 613 g/mol. The van der Waals surface area contributed by atoms with Crippen molar-refractivity contribution in [3.05, 3.63) is 86.5 Å². The van der Waals surface area contributed by atoms with Gasteiger partial charge in [0.15, 0.2) is 11.0 Å². The lowest BCUT2D eigenvalue weighted by atomic mass is 9.89. The predicted octanol–water partition coefficient (Wildman–Crippen LogP) is 6.59. The molecule has 1 aliphatic rings. The molecule has 2 aromatic carbocycles. The first-order chi connectivity index (χ1) is 20.2. The second-order valence-corrected chi connectivity index (χ2v) is 12.1. The summed E-state index contributed by atoms with van der Waals surface area (Å²) in [7, 11) is 1.56. The highest BCUT2D eigenvalue weighted by Gasteiger charge is 2.31. The Labute approximate surface area is 246 Å². The highest BCUT2D eigenvalue weighted by atomic mass is 32.2. The number of nitrogens with zero attached hydrogens (tertiary/aromatic N) is 4. The van der Waals surface area contributed by atoms with E-state index >= 15 is 0 Å². The molecule has 0 aliphatic heterocycles. The number of halogens is 3. The third-order valence-corrected chi connectivity index (χ3v) is 9.20. The van der Waals surface area contributed by atoms with Crippen molar-refractivity contribution in [2.75, 3.05) is 7.11 Å². The number of ether oxygens (including phenoxy) is 2. The first-order valence-corrected chi connectivity index (χ1v) is 15.0. The molecule has 0 unspecified atom stereocenters. The van der Waals surface area contributed by atoms with Gasteiger partial charge in [-0.25, -0.2) is 4.98 Å². The molecule has 5 aromatic rings. The molecular weight excluding hydrogens is 587 g/mol. The van der Waals surface area contributed by atoms with Gasteiger partial charge in [0.05, 0.1) is 29.5 Å². The maximum atomic E-state index is 13.6. The fraction of sp³-hybridized carbons (Fsp3) is 0.310. The fourth-order valence-electron chi connectivity index (χ4n) is 4.98. The zero-order valence-corrected chi connectivity index (χ0v) is 24.3. The SMILES string of the molecule is COc1ccc(OCc2nnc(SCc3nc4sc5c(c4c(=O)[nH]3)CC[C@H](C)C5)n2-c2cccc(C(F)(F)F)c2)cc1. The van der Waals surface area contributed by atoms with Crippen LogP contribution in [0, 0.1) is 5.92 Å². The van der Waals surface area contributed by atoms with Gasteiger partial charge in [0.2, 0.25) is 0 Å². The van der Waals surface area contributed by atoms with Gasteiger partial charge in [-0.2, -0.15) is 13.2 Å². The van der Waals surface area contributed by atoms with Crippen molar-refractivity contribution in [3.63, 3.8) is 0 Å². The molecule has 218 valence electrons. The number of benzene rings is 2. The lowest BCUT2D eigenvalue weighted by Gasteiger charge is -2.17. The second-order valence-electron chi connectivity index (χ2n) is 10.1. The Balaban J connectivity index is 1.30. The summed E-state index contributed by atoms with van der Waals surface area (Å²) in [5, 5.41) is 9.50. The minimum absolute atomic E-state index is 0.0453. The number of aryl methyl sites for hydroxylation is 1. The van der Waals surface area contributed by atoms with Crippen LogP contribution in [0.15, 0.2) is 58.5 Å². The van der Waals surface area contributed by atoms with Crippen LogP contribution in [0.2, 0.25) is 0 Å². The molecule has 13 heteroatoms. The molecule has 3 heterocycles. The first-order valence-electron chi connectivity index (χ1n) is 13.2. The van der Waals surface area contributed by atoms with Crippen LogP contribution in [-0.2, 0) is 31.4 Å². The summed E-state index contributed by atoms with van der Waals surface area (Å²) in [6, 6.07) is 11.9. The minimum atomic E-state index is -4.52. The average Bonchev–Trinajstić information content (AvgIpc) is 3.55. The van der Waals surface area contributed by atoms with Crippen LogP contribution in [0.1, 0.15) is 41.0 Å². The van der Waals surface area contributed by atoms with Crippen molar-refractivity contribution in [1.29, 1.82) is 0 Å². The topological polar surface area (TPSA) is 94.9 Å². The van der Waals surface area contributed by atoms with Gasteiger partial charge in [0.1, 0.15) is 28.8 Å². The number of methoxy groups -OCH3 is 1. The number of hydrogen-bond donors (Lipinski definition) is 1. The largest absolute Gasteiger partial charge is 0.497 e. The fourth-order valence-corrected chi connectivity index (χ4v) is 7.23. The molecule has 0 radical (unpaired) electrons. The number of aromatic amines is 1. The van der Waals surface area contributed by atoms with Crippen molar-refractivity contribution < 1.29 is 22.6 Å². The Morgan fingerprint density at radius 3 is 2.69 bits per heavy atom. The number of aromatic nitrogens is 5. The van der Waals surface area contributed by atoms with E-state index < -0.39 is 11.7 Å². The highest BCUT2D eigenvalue weighted by molar-refractivity contribution is 7.98. The van der Waals surface area contributed by atoms with Crippen LogP contribution in [0.5, 0.6) is 11.5 Å². The van der Waals surface area contributed by atoms with Crippen molar-refractivity contribution in [1.82, 2.24) is 24.7 Å². The van der Waals surface area contributed by atoms with E-state index in [1.165, 1.54) is 27.3 Å². The van der Waals surface area contributed by atoms with E-state index in [9.17, 15) is 18.0 Å². The molecule has 42 heavy (non-hydrogen) atoms. The second kappa shape index (κ2) is 11.4. The summed E-state index contributed by atoms with van der Waals surface area (Å²) in [5.41, 5.74) is 0.379. The lowest BCUT2D eigenvalue weighted by Crippen LogP contribution is -2.14. The Morgan fingerprint density at radius 2 is 1.93 bits per heavy atom. The van der Waals surface area contributed by atoms with Gasteiger partial charge in [-0.05, 0) is 73.2 Å². The Kier molecular flexibility index (Phi) is 7.71. The molecule has 8 nitrogen and oxygen atoms in total. The molecule has 1 atom stereocenters. The first kappa shape index (κ1) is 28.3. The zero-order valence-electron chi connectivity index (χ0n) is 22.7. The van der Waals surface area contributed by atoms with Gasteiger partial charge >= 0.3 is 6.18 Å². The van der Waals surface area contributed by atoms with Crippen LogP contribution in [-0.4, -0.2) is 31.8 Å². The average molecular weight is 614 g/mol. The molecule has 0 fully saturated rings. The van der Waals surface area contributed by atoms with E-state index in [0.29, 0.717) is 44.4 Å². The molecule has 0 amide bonds. The Hall–Kier alpha value is -3.84. The van der Waals surface area contributed by atoms with E-state index in [-0.39, 0.29) is 23.6 Å². The van der Waals surface area contributed by atoms with E-state index in [1.807, 2.05) is 0 Å². The Bertz CT molecular complexity index is 1800. The van der Waals surface area contributed by atoms with E-state index in [1.54, 1.807) is 48.8 Å². The van der Waals surface area contributed by atoms with Gasteiger partial charge in [-0.1, -0.05) is 24.8 Å². The van der Waals surface area contributed by atoms with Gasteiger partial charge in [-0.3, -0.25) is 9.36 Å². The predicted molar refractivity (Wildman–Crippen MR) is 155 cm³/mol. The minimum Gasteiger partial charge on any atom is -0.497 e. The summed E-state index contributed by atoms with van der Waals surface area (Å²) in [6.45, 7) is 2.17. The maximum Gasteiger partial charge on any atom is 0.416 e. The number of thioether (sulfide) groups is 1. The standard InChI is InChI=1S/C29H26F3N5O3S2/c1-16-6-11-21-22(12-16)42-27-25(21)26(38)33-23(34-27)15-41-28-36-35-24(14-40-20-9-7-19(39-2)8-10-20)37(28)18-5-3-4-17(13-18)29(30,31)32/h3-5,7-10,13,16H,6,11-12,14-15H2,1-2H3,(H,33,34,38)/t16-/m0/s1. The van der Waals surface area contributed by atoms with E-state index in [4.69, 9.17) is 14.5 Å². The van der Waals surface area contributed by atoms with Crippen LogP contribution < -0.4 is 15.0 Å². The smallest absolute Gasteiger partial charge is 0.416 e. The number of rotatable bonds is 8. The third-order valence-electron chi connectivity index (χ3n) is 7.11. The van der Waals surface area contributed by atoms with Crippen LogP contribution in [0.3, 0.4) is 0 Å². The third kappa shape index (κ3) is 5.75. The zero-order chi connectivity index (χ0) is 29.4. The van der Waals surface area contributed by atoms with Gasteiger partial charge in [-0.15, -0.1) is 21.5 Å². The van der Waals surface area contributed by atoms with Gasteiger partial charge in [0, 0.05) is 4.88 Å². The molecule has 0 bridgehead atoms. The van der Waals surface area contributed by atoms with Gasteiger partial charge < -0.3 is 14.5 Å². The van der Waals surface area contributed by atoms with Crippen molar-refractivity contribution in [2.24, 2.45) is 5.92 Å². The van der Waals surface area contributed by atoms with Gasteiger partial charge in [0.25, 0.3) is 5.56 Å². The van der Waals surface area contributed by atoms with Crippen LogP contribution >= 0.6 is 23.1 Å². The number of nitrogens with one attached hydrogen (secondary N) is 1. The van der Waals surface area contributed by atoms with E-state index in [2.05, 4.69) is 22.1 Å². The number of hydrogen-bond acceptors (Lipinski definition) is 8. The maximum absolute atomic E-state index is 13.6. The summed E-state index contributed by atoms with van der Waals surface area (Å²) in [6.07, 6.45) is -1.66. The van der Waals surface area contributed by atoms with Crippen LogP contribution in [0.4, 0.5) is 13.2 Å². The molecule has 0 spiro atoms. The molecule has 1 N–H and O–H groups in total. The highest BCUT2D eigenvalue weighted by Crippen LogP contribution is 2.36. The quantitative estimate of drug-likeness (QED) is 0.197. The van der Waals surface area contributed by atoms with Crippen LogP contribution in [0.25, 0.3) is 15.9 Å². The summed E-state index contributed by atoms with van der Waals surface area (Å²) in [4.78, 5) is 22.6. The number of H-pyrrole nitrogens is 1. The molecular formula is C29H26F3N5O3S2.